The van der Waals surface area contributed by atoms with Gasteiger partial charge in [0.2, 0.25) is 0 Å². The molecular formula is C23H24N6O. The predicted octanol–water partition coefficient (Wildman–Crippen LogP) is 3.32. The number of carbonyl (C=O) groups excluding carboxylic acids is 1. The number of pyridine rings is 1. The van der Waals surface area contributed by atoms with Crippen molar-refractivity contribution in [2.45, 2.75) is 37.8 Å². The maximum atomic E-state index is 12.9. The van der Waals surface area contributed by atoms with Gasteiger partial charge in [-0.2, -0.15) is 0 Å². The van der Waals surface area contributed by atoms with Crippen LogP contribution in [0.25, 0.3) is 0 Å². The molecule has 7 nitrogen and oxygen atoms in total. The highest BCUT2D eigenvalue weighted by atomic mass is 16.1. The highest BCUT2D eigenvalue weighted by Gasteiger charge is 2.57. The minimum Gasteiger partial charge on any atom is -0.313 e. The maximum absolute atomic E-state index is 12.9. The molecule has 2 heterocycles. The smallest absolute Gasteiger partial charge is 0.256 e. The van der Waals surface area contributed by atoms with Crippen molar-refractivity contribution >= 4 is 30.1 Å². The number of amides is 1. The molecular weight excluding hydrogens is 376 g/mol. The van der Waals surface area contributed by atoms with Crippen molar-refractivity contribution in [2.24, 2.45) is 16.3 Å². The van der Waals surface area contributed by atoms with Gasteiger partial charge in [0, 0.05) is 23.2 Å². The fourth-order valence-corrected chi connectivity index (χ4v) is 4.41. The third-order valence-corrected chi connectivity index (χ3v) is 6.36. The van der Waals surface area contributed by atoms with Gasteiger partial charge in [-0.05, 0) is 49.8 Å². The summed E-state index contributed by atoms with van der Waals surface area (Å²) in [4.78, 5) is 23.5. The Labute approximate surface area is 175 Å². The zero-order valence-electron chi connectivity index (χ0n) is 16.6. The maximum Gasteiger partial charge on any atom is 0.256 e. The van der Waals surface area contributed by atoms with Crippen molar-refractivity contribution in [3.05, 3.63) is 59.8 Å². The van der Waals surface area contributed by atoms with E-state index in [1.54, 1.807) is 23.1 Å². The number of anilines is 1. The average Bonchev–Trinajstić information content (AvgIpc) is 3.69. The number of fused-ring (bicyclic) bond motifs is 1. The van der Waals surface area contributed by atoms with Gasteiger partial charge in [0.05, 0.1) is 12.4 Å². The summed E-state index contributed by atoms with van der Waals surface area (Å²) in [6.45, 7) is 0. The lowest BCUT2D eigenvalue weighted by Gasteiger charge is -2.25. The number of carbonyl (C=O) groups is 1. The first-order valence-corrected chi connectivity index (χ1v) is 10.4. The van der Waals surface area contributed by atoms with Gasteiger partial charge < -0.3 is 10.2 Å². The third kappa shape index (κ3) is 3.30. The summed E-state index contributed by atoms with van der Waals surface area (Å²) < 4.78 is 0. The molecule has 1 aromatic rings. The lowest BCUT2D eigenvalue weighted by Crippen LogP contribution is -2.32. The van der Waals surface area contributed by atoms with Crippen LogP contribution in [0.15, 0.2) is 59.1 Å². The van der Waals surface area contributed by atoms with Crippen LogP contribution in [0.3, 0.4) is 0 Å². The fraction of sp³-hybridized carbons (Fsp3) is 0.348. The van der Waals surface area contributed by atoms with E-state index in [4.69, 9.17) is 10.8 Å². The Morgan fingerprint density at radius 1 is 1.33 bits per heavy atom. The van der Waals surface area contributed by atoms with Crippen molar-refractivity contribution < 1.29 is 4.79 Å². The lowest BCUT2D eigenvalue weighted by molar-refractivity contribution is -0.112. The van der Waals surface area contributed by atoms with Crippen molar-refractivity contribution in [3.8, 4) is 0 Å². The fourth-order valence-electron chi connectivity index (χ4n) is 4.41. The Hall–Kier alpha value is -3.35. The molecule has 1 amide bonds. The predicted molar refractivity (Wildman–Crippen MR) is 117 cm³/mol. The normalized spacial score (nSPS) is 28.3. The number of dihydropyridines is 1. The highest BCUT2D eigenvalue weighted by Crippen LogP contribution is 2.58. The molecule has 30 heavy (non-hydrogen) atoms. The minimum atomic E-state index is -0.199. The molecule has 3 aliphatic carbocycles. The molecule has 152 valence electrons. The monoisotopic (exact) mass is 400 g/mol. The van der Waals surface area contributed by atoms with Crippen LogP contribution in [0.4, 0.5) is 5.82 Å². The molecule has 2 fully saturated rings. The summed E-state index contributed by atoms with van der Waals surface area (Å²) in [5, 5.41) is 18.8. The van der Waals surface area contributed by atoms with Gasteiger partial charge in [-0.15, -0.1) is 0 Å². The number of rotatable bonds is 6. The second-order valence-electron chi connectivity index (χ2n) is 8.33. The van der Waals surface area contributed by atoms with Crippen molar-refractivity contribution in [1.29, 1.82) is 10.8 Å². The van der Waals surface area contributed by atoms with Gasteiger partial charge in [-0.1, -0.05) is 30.4 Å². The van der Waals surface area contributed by atoms with E-state index in [9.17, 15) is 4.79 Å². The molecule has 7 heteroatoms. The average molecular weight is 400 g/mol. The van der Waals surface area contributed by atoms with Crippen LogP contribution in [0, 0.1) is 22.2 Å². The Kier molecular flexibility index (Phi) is 4.46. The Morgan fingerprint density at radius 3 is 2.97 bits per heavy atom. The van der Waals surface area contributed by atoms with E-state index in [-0.39, 0.29) is 29.1 Å². The van der Waals surface area contributed by atoms with Crippen molar-refractivity contribution in [2.75, 3.05) is 5.32 Å². The van der Waals surface area contributed by atoms with Crippen LogP contribution in [-0.2, 0) is 4.79 Å². The largest absolute Gasteiger partial charge is 0.313 e. The summed E-state index contributed by atoms with van der Waals surface area (Å²) >= 11 is 0. The molecule has 0 aromatic carbocycles. The molecule has 3 atom stereocenters. The summed E-state index contributed by atoms with van der Waals surface area (Å²) in [6.07, 6.45) is 17.2. The van der Waals surface area contributed by atoms with Crippen molar-refractivity contribution in [3.63, 3.8) is 0 Å². The number of hydrogen-bond donors (Lipinski definition) is 3. The Bertz CT molecular complexity index is 1030. The molecule has 2 saturated carbocycles. The number of amidine groups is 1. The number of allylic oxidation sites excluding steroid dienone is 3. The van der Waals surface area contributed by atoms with Crippen LogP contribution in [0.1, 0.15) is 31.4 Å². The van der Waals surface area contributed by atoms with Gasteiger partial charge in [-0.3, -0.25) is 20.6 Å². The summed E-state index contributed by atoms with van der Waals surface area (Å²) in [5.74, 6) is 0.664. The van der Waals surface area contributed by atoms with Crippen molar-refractivity contribution in [1.82, 2.24) is 9.88 Å². The van der Waals surface area contributed by atoms with Crippen LogP contribution >= 0.6 is 0 Å². The van der Waals surface area contributed by atoms with Gasteiger partial charge in [0.25, 0.3) is 5.91 Å². The SMILES string of the molecule is N=CN(C(=N)c1cccc(NC(=O)C2=CC(C34C=CC=NC3C4)CC=C2)n1)C1CC1. The van der Waals surface area contributed by atoms with E-state index in [1.165, 1.54) is 6.34 Å². The number of hydrogen-bond acceptors (Lipinski definition) is 5. The van der Waals surface area contributed by atoms with Crippen LogP contribution in [0.5, 0.6) is 0 Å². The lowest BCUT2D eigenvalue weighted by atomic mass is 9.80. The van der Waals surface area contributed by atoms with Gasteiger partial charge in [-0.25, -0.2) is 4.98 Å². The molecule has 0 bridgehead atoms. The van der Waals surface area contributed by atoms with E-state index in [0.29, 0.717) is 23.1 Å². The second-order valence-corrected chi connectivity index (χ2v) is 8.33. The summed E-state index contributed by atoms with van der Waals surface area (Å²) in [6, 6.07) is 5.78. The van der Waals surface area contributed by atoms with Gasteiger partial charge >= 0.3 is 0 Å². The quantitative estimate of drug-likeness (QED) is 0.504. The number of nitrogens with one attached hydrogen (secondary N) is 3. The summed E-state index contributed by atoms with van der Waals surface area (Å²) in [7, 11) is 0. The first kappa shape index (κ1) is 18.7. The molecule has 3 N–H and O–H groups in total. The van der Waals surface area contributed by atoms with E-state index < -0.39 is 0 Å². The van der Waals surface area contributed by atoms with Crippen LogP contribution in [0.2, 0.25) is 0 Å². The molecule has 1 aliphatic heterocycles. The first-order chi connectivity index (χ1) is 14.6. The van der Waals surface area contributed by atoms with Crippen LogP contribution in [-0.4, -0.2) is 46.3 Å². The molecule has 4 aliphatic rings. The van der Waals surface area contributed by atoms with E-state index in [1.807, 2.05) is 18.4 Å². The Morgan fingerprint density at radius 2 is 2.20 bits per heavy atom. The molecule has 5 rings (SSSR count). The summed E-state index contributed by atoms with van der Waals surface area (Å²) in [5.41, 5.74) is 1.15. The third-order valence-electron chi connectivity index (χ3n) is 6.36. The standard InChI is InChI=1S/C23H24N6O/c24-14-29(17-8-9-17)21(25)18-6-2-7-20(27-18)28-22(30)15-4-1-5-16(12-15)23-10-3-11-26-19(23)13-23/h1-4,6-7,10-12,14,16-17,19,24-25H,5,8-9,13H2,(H,27,28,30). The molecule has 0 saturated heterocycles. The molecule has 1 aromatic heterocycles. The van der Waals surface area contributed by atoms with E-state index in [0.717, 1.165) is 25.7 Å². The molecule has 3 unspecified atom stereocenters. The molecule has 0 spiro atoms. The van der Waals surface area contributed by atoms with Gasteiger partial charge in [0.1, 0.15) is 11.5 Å². The number of aliphatic imine (C=N–C) groups is 1. The first-order valence-electron chi connectivity index (χ1n) is 10.4. The molecule has 0 radical (unpaired) electrons. The second kappa shape index (κ2) is 7.16. The topological polar surface area (TPSA) is 105 Å². The number of nitrogens with zero attached hydrogens (tertiary/aromatic N) is 3. The minimum absolute atomic E-state index is 0.0668. The zero-order chi connectivity index (χ0) is 20.7. The highest BCUT2D eigenvalue weighted by molar-refractivity contribution is 6.06. The van der Waals surface area contributed by atoms with E-state index in [2.05, 4.69) is 33.5 Å². The number of aromatic nitrogens is 1. The van der Waals surface area contributed by atoms with Gasteiger partial charge in [0.15, 0.2) is 5.84 Å². The van der Waals surface area contributed by atoms with Crippen LogP contribution < -0.4 is 5.32 Å². The Balaban J connectivity index is 1.30. The zero-order valence-corrected chi connectivity index (χ0v) is 16.6. The van der Waals surface area contributed by atoms with E-state index >= 15 is 0 Å².